The number of rotatable bonds is 9. The summed E-state index contributed by atoms with van der Waals surface area (Å²) in [4.78, 5) is 35.7. The van der Waals surface area contributed by atoms with Gasteiger partial charge in [0, 0.05) is 11.6 Å². The summed E-state index contributed by atoms with van der Waals surface area (Å²) < 4.78 is 20.4. The lowest BCUT2D eigenvalue weighted by Gasteiger charge is -2.10. The van der Waals surface area contributed by atoms with Crippen molar-refractivity contribution in [1.82, 2.24) is 10.9 Å². The van der Waals surface area contributed by atoms with Crippen molar-refractivity contribution in [1.29, 1.82) is 0 Å². The number of hydrogen-bond donors (Lipinski definition) is 2. The highest BCUT2D eigenvalue weighted by molar-refractivity contribution is 5.96. The van der Waals surface area contributed by atoms with E-state index in [9.17, 15) is 14.4 Å². The minimum Gasteiger partial charge on any atom is -0.494 e. The highest BCUT2D eigenvalue weighted by atomic mass is 16.5. The molecule has 2 N–H and O–H groups in total. The lowest BCUT2D eigenvalue weighted by Crippen LogP contribution is -2.43. The monoisotopic (exact) mass is 428 g/mol. The van der Waals surface area contributed by atoms with Crippen LogP contribution in [0.1, 0.15) is 22.8 Å². The Bertz CT molecular complexity index is 939. The Morgan fingerprint density at radius 1 is 0.935 bits per heavy atom. The van der Waals surface area contributed by atoms with Crippen molar-refractivity contribution in [3.63, 3.8) is 0 Å². The van der Waals surface area contributed by atoms with E-state index in [1.807, 2.05) is 6.92 Å². The van der Waals surface area contributed by atoms with E-state index in [2.05, 4.69) is 10.9 Å². The zero-order valence-corrected chi connectivity index (χ0v) is 17.5. The van der Waals surface area contributed by atoms with E-state index in [0.29, 0.717) is 18.1 Å². The molecule has 0 fully saturated rings. The van der Waals surface area contributed by atoms with Crippen LogP contribution in [-0.4, -0.2) is 45.2 Å². The van der Waals surface area contributed by atoms with Crippen LogP contribution in [0.25, 0.3) is 6.08 Å². The van der Waals surface area contributed by atoms with Crippen molar-refractivity contribution in [2.75, 3.05) is 27.4 Å². The lowest BCUT2D eigenvalue weighted by molar-refractivity contribution is -0.144. The number of amides is 2. The molecule has 0 radical (unpaired) electrons. The Kier molecular flexibility index (Phi) is 8.90. The summed E-state index contributed by atoms with van der Waals surface area (Å²) in [6, 6.07) is 11.7. The molecule has 0 saturated heterocycles. The van der Waals surface area contributed by atoms with Crippen LogP contribution in [0.15, 0.2) is 48.5 Å². The van der Waals surface area contributed by atoms with E-state index in [4.69, 9.17) is 18.9 Å². The summed E-state index contributed by atoms with van der Waals surface area (Å²) in [5, 5.41) is 0. The number of benzene rings is 2. The van der Waals surface area contributed by atoms with Gasteiger partial charge in [-0.3, -0.25) is 20.4 Å². The van der Waals surface area contributed by atoms with Gasteiger partial charge in [-0.1, -0.05) is 12.1 Å². The molecule has 0 aliphatic carbocycles. The fourth-order valence-corrected chi connectivity index (χ4v) is 2.40. The van der Waals surface area contributed by atoms with E-state index < -0.39 is 24.4 Å². The van der Waals surface area contributed by atoms with Crippen molar-refractivity contribution < 1.29 is 33.3 Å². The zero-order valence-electron chi connectivity index (χ0n) is 17.5. The molecule has 0 aliphatic heterocycles. The first kappa shape index (κ1) is 23.3. The topological polar surface area (TPSA) is 112 Å². The first-order valence-electron chi connectivity index (χ1n) is 9.35. The van der Waals surface area contributed by atoms with Crippen LogP contribution in [0.3, 0.4) is 0 Å². The summed E-state index contributed by atoms with van der Waals surface area (Å²) in [7, 11) is 2.92. The average Bonchev–Trinajstić information content (AvgIpc) is 2.80. The van der Waals surface area contributed by atoms with Crippen molar-refractivity contribution in [2.45, 2.75) is 6.92 Å². The van der Waals surface area contributed by atoms with Crippen LogP contribution < -0.4 is 25.1 Å². The summed E-state index contributed by atoms with van der Waals surface area (Å²) in [6.07, 6.45) is 2.75. The first-order chi connectivity index (χ1) is 15.0. The molecule has 9 heteroatoms. The van der Waals surface area contributed by atoms with Gasteiger partial charge in [0.1, 0.15) is 5.75 Å². The predicted octanol–water partition coefficient (Wildman–Crippen LogP) is 2.12. The van der Waals surface area contributed by atoms with Crippen LogP contribution in [0.4, 0.5) is 0 Å². The van der Waals surface area contributed by atoms with Gasteiger partial charge in [-0.05, 0) is 48.9 Å². The third kappa shape index (κ3) is 7.39. The van der Waals surface area contributed by atoms with Crippen LogP contribution in [-0.2, 0) is 14.3 Å². The van der Waals surface area contributed by atoms with Gasteiger partial charge in [0.15, 0.2) is 18.1 Å². The molecular formula is C22H24N2O7. The number of hydrazine groups is 1. The number of esters is 1. The number of nitrogens with one attached hydrogen (secondary N) is 2. The molecule has 0 atom stereocenters. The largest absolute Gasteiger partial charge is 0.494 e. The highest BCUT2D eigenvalue weighted by Crippen LogP contribution is 2.27. The van der Waals surface area contributed by atoms with Gasteiger partial charge in [0.2, 0.25) is 0 Å². The standard InChI is InChI=1S/C22H24N2O7/c1-4-30-17-9-5-15(6-10-17)7-12-21(26)31-14-20(25)23-24-22(27)16-8-11-18(28-2)19(13-16)29-3/h5-13H,4,14H2,1-3H3,(H,23,25)(H,24,27)/b12-7+. The Labute approximate surface area is 179 Å². The summed E-state index contributed by atoms with van der Waals surface area (Å²) in [6.45, 7) is 1.90. The lowest BCUT2D eigenvalue weighted by atomic mass is 10.2. The van der Waals surface area contributed by atoms with Crippen LogP contribution in [0, 0.1) is 0 Å². The van der Waals surface area contributed by atoms with E-state index in [1.165, 1.54) is 32.4 Å². The number of methoxy groups -OCH3 is 2. The van der Waals surface area contributed by atoms with Gasteiger partial charge in [0.05, 0.1) is 20.8 Å². The maximum atomic E-state index is 12.1. The molecule has 9 nitrogen and oxygen atoms in total. The van der Waals surface area contributed by atoms with E-state index >= 15 is 0 Å². The minimum absolute atomic E-state index is 0.244. The molecule has 0 spiro atoms. The van der Waals surface area contributed by atoms with Crippen LogP contribution >= 0.6 is 0 Å². The number of hydrogen-bond acceptors (Lipinski definition) is 7. The second kappa shape index (κ2) is 11.9. The van der Waals surface area contributed by atoms with Crippen LogP contribution in [0.2, 0.25) is 0 Å². The maximum absolute atomic E-state index is 12.1. The van der Waals surface area contributed by atoms with Gasteiger partial charge >= 0.3 is 5.97 Å². The second-order valence-corrected chi connectivity index (χ2v) is 6.02. The first-order valence-corrected chi connectivity index (χ1v) is 9.35. The van der Waals surface area contributed by atoms with Gasteiger partial charge in [-0.15, -0.1) is 0 Å². The predicted molar refractivity (Wildman–Crippen MR) is 113 cm³/mol. The molecule has 2 rings (SSSR count). The Hall–Kier alpha value is -4.01. The fourth-order valence-electron chi connectivity index (χ4n) is 2.40. The van der Waals surface area contributed by atoms with Crippen molar-refractivity contribution >= 4 is 23.9 Å². The molecule has 0 heterocycles. The Balaban J connectivity index is 1.77. The zero-order chi connectivity index (χ0) is 22.6. The molecule has 0 aromatic heterocycles. The van der Waals surface area contributed by atoms with Gasteiger partial charge in [-0.25, -0.2) is 4.79 Å². The molecule has 2 aromatic carbocycles. The smallest absolute Gasteiger partial charge is 0.331 e. The van der Waals surface area contributed by atoms with E-state index in [-0.39, 0.29) is 5.56 Å². The summed E-state index contributed by atoms with van der Waals surface area (Å²) >= 11 is 0. The number of carbonyl (C=O) groups excluding carboxylic acids is 3. The Morgan fingerprint density at radius 3 is 2.29 bits per heavy atom. The molecule has 2 aromatic rings. The Morgan fingerprint density at radius 2 is 1.65 bits per heavy atom. The summed E-state index contributed by atoms with van der Waals surface area (Å²) in [5.41, 5.74) is 5.41. The van der Waals surface area contributed by atoms with Crippen molar-refractivity contribution in [3.8, 4) is 17.2 Å². The van der Waals surface area contributed by atoms with Crippen molar-refractivity contribution in [3.05, 3.63) is 59.7 Å². The highest BCUT2D eigenvalue weighted by Gasteiger charge is 2.12. The van der Waals surface area contributed by atoms with E-state index in [0.717, 1.165) is 11.3 Å². The average molecular weight is 428 g/mol. The van der Waals surface area contributed by atoms with Gasteiger partial charge in [0.25, 0.3) is 11.8 Å². The van der Waals surface area contributed by atoms with Crippen molar-refractivity contribution in [2.24, 2.45) is 0 Å². The molecule has 0 aliphatic rings. The third-order valence-electron chi connectivity index (χ3n) is 3.91. The van der Waals surface area contributed by atoms with Gasteiger partial charge < -0.3 is 18.9 Å². The van der Waals surface area contributed by atoms with Crippen LogP contribution in [0.5, 0.6) is 17.2 Å². The fraction of sp³-hybridized carbons (Fsp3) is 0.227. The molecule has 0 saturated carbocycles. The third-order valence-corrected chi connectivity index (χ3v) is 3.91. The second-order valence-electron chi connectivity index (χ2n) is 6.02. The molecule has 164 valence electrons. The summed E-state index contributed by atoms with van der Waals surface area (Å²) in [5.74, 6) is -0.403. The number of carbonyl (C=O) groups is 3. The van der Waals surface area contributed by atoms with Gasteiger partial charge in [-0.2, -0.15) is 0 Å². The maximum Gasteiger partial charge on any atom is 0.331 e. The minimum atomic E-state index is -0.699. The van der Waals surface area contributed by atoms with E-state index in [1.54, 1.807) is 36.4 Å². The number of ether oxygens (including phenoxy) is 4. The molecule has 0 unspecified atom stereocenters. The molecule has 31 heavy (non-hydrogen) atoms. The molecular weight excluding hydrogens is 404 g/mol. The molecule has 0 bridgehead atoms. The normalized spacial score (nSPS) is 10.3. The SMILES string of the molecule is CCOc1ccc(/C=C/C(=O)OCC(=O)NNC(=O)c2ccc(OC)c(OC)c2)cc1. The molecule has 2 amide bonds. The quantitative estimate of drug-likeness (QED) is 0.357.